The molecular formula is C44H103N2O31P9S2. The minimum absolute atomic E-state index is 0.0192. The smallest absolute Gasteiger partial charge is 0.468 e. The Labute approximate surface area is 528 Å². The lowest BCUT2D eigenvalue weighted by molar-refractivity contribution is -0.150. The second-order valence-electron chi connectivity index (χ2n) is 25.1. The van der Waals surface area contributed by atoms with Crippen LogP contribution in [0.15, 0.2) is 0 Å². The summed E-state index contributed by atoms with van der Waals surface area (Å²) in [7, 11) is -29.1. The maximum atomic E-state index is 12.9. The van der Waals surface area contributed by atoms with Gasteiger partial charge in [0.05, 0.1) is 45.2 Å². The summed E-state index contributed by atoms with van der Waals surface area (Å²) in [6, 6.07) is 0. The Morgan fingerprint density at radius 1 is 0.386 bits per heavy atom. The van der Waals surface area contributed by atoms with E-state index in [1.807, 2.05) is 41.5 Å². The Balaban J connectivity index is -0.000000232. The predicted molar refractivity (Wildman–Crippen MR) is 340 cm³/mol. The molecule has 0 saturated carbocycles. The lowest BCUT2D eigenvalue weighted by atomic mass is 10.1. The summed E-state index contributed by atoms with van der Waals surface area (Å²) >= 11 is 1.85. The summed E-state index contributed by atoms with van der Waals surface area (Å²) in [6.45, 7) is 37.9. The zero-order valence-electron chi connectivity index (χ0n) is 56.2. The molecule has 0 saturated heterocycles. The maximum absolute atomic E-state index is 12.9. The summed E-state index contributed by atoms with van der Waals surface area (Å²) in [5.74, 6) is -0.925. The van der Waals surface area contributed by atoms with Crippen molar-refractivity contribution in [3.63, 3.8) is 0 Å². The Hall–Kier alpha value is 0.330. The van der Waals surface area contributed by atoms with E-state index in [0.29, 0.717) is 0 Å². The third-order valence-corrected chi connectivity index (χ3v) is 32.4. The van der Waals surface area contributed by atoms with Crippen molar-refractivity contribution in [3.05, 3.63) is 0 Å². The molecule has 5 atom stereocenters. The predicted octanol–water partition coefficient (Wildman–Crippen LogP) is 11.7. The molecular weight excluding hydrogens is 1400 g/mol. The largest absolute Gasteiger partial charge is 0.488 e. The van der Waals surface area contributed by atoms with Crippen molar-refractivity contribution in [2.24, 2.45) is 0 Å². The molecule has 0 aromatic heterocycles. The molecule has 9 N–H and O–H groups in total. The number of thioether (sulfide) groups is 2. The van der Waals surface area contributed by atoms with Crippen LogP contribution in [0, 0.1) is 0 Å². The zero-order chi connectivity index (χ0) is 73.2. The zero-order valence-corrected chi connectivity index (χ0v) is 65.8. The first kappa shape index (κ1) is 99.4. The van der Waals surface area contributed by atoms with Gasteiger partial charge in [0.2, 0.25) is 0 Å². The molecule has 0 aromatic carbocycles. The van der Waals surface area contributed by atoms with E-state index in [4.69, 9.17) is 66.7 Å². The summed E-state index contributed by atoms with van der Waals surface area (Å²) in [5, 5.41) is -5.60. The van der Waals surface area contributed by atoms with Crippen molar-refractivity contribution in [2.75, 3.05) is 54.4 Å². The van der Waals surface area contributed by atoms with Crippen LogP contribution in [0.5, 0.6) is 0 Å². The topological polar surface area (TPSA) is 494 Å². The third kappa shape index (κ3) is 35.9. The molecule has 44 heteroatoms. The second kappa shape index (κ2) is 36.6. The fraction of sp³-hybridized carbons (Fsp3) is 0.909. The standard InChI is InChI=1S/2C11H24NO4P.C10H19O5PS2.C4H13O9P3.C4H12O6P2.C4H11O3P/c2*1-10(2,3)17(14,16-8)12(6)11(4,5)9(13)15-7;1-8(11)17-6-14-16(13,10(3,4)5)15-7-18-9(2)12;1-4(2,3)14(5,6)12-16(10,11)13-15(7,8)9;1-4(2,3)11(5,6)10-12(7,8)9;1-4(2,3)8(5,6)7/h2*1-8H3;6-7H2,1-5H3;1-3H3,(H,5,6)(H,10,11)(H2,7,8,9);1-3H3,(H,5,6)(H2,7,8,9);1-3H3,(H2,5,6,7). The Kier molecular flexibility index (Phi) is 41.3. The minimum Gasteiger partial charge on any atom is -0.468 e. The van der Waals surface area contributed by atoms with Crippen molar-refractivity contribution in [3.8, 4) is 0 Å². The fourth-order valence-electron chi connectivity index (χ4n) is 4.57. The quantitative estimate of drug-likeness (QED) is 0.0310. The van der Waals surface area contributed by atoms with Gasteiger partial charge in [0.1, 0.15) is 23.0 Å². The highest BCUT2D eigenvalue weighted by atomic mass is 32.2. The van der Waals surface area contributed by atoms with Crippen molar-refractivity contribution >= 4 is 115 Å². The van der Waals surface area contributed by atoms with Crippen LogP contribution < -0.4 is 0 Å². The minimum atomic E-state index is -5.31. The molecule has 0 aliphatic heterocycles. The molecule has 33 nitrogen and oxygen atoms in total. The molecule has 0 heterocycles. The normalized spacial score (nSPS) is 16.7. The number of carbonyl (C=O) groups is 4. The molecule has 88 heavy (non-hydrogen) atoms. The Morgan fingerprint density at radius 2 is 0.625 bits per heavy atom. The number of carbonyl (C=O) groups excluding carboxylic acids is 4. The van der Waals surface area contributed by atoms with Crippen LogP contribution >= 0.6 is 92.4 Å². The summed E-state index contributed by atoms with van der Waals surface area (Å²) in [5.41, 5.74) is -2.01. The average molecular weight is 1500 g/mol. The second-order valence-corrected chi connectivity index (χ2v) is 48.9. The van der Waals surface area contributed by atoms with Crippen LogP contribution in [0.25, 0.3) is 0 Å². The molecule has 0 bridgehead atoms. The highest BCUT2D eigenvalue weighted by Gasteiger charge is 2.52. The van der Waals surface area contributed by atoms with Crippen LogP contribution in [0.4, 0.5) is 0 Å². The van der Waals surface area contributed by atoms with Gasteiger partial charge < -0.3 is 62.6 Å². The number of likely N-dealkylation sites (N-methyl/N-ethyl adjacent to an activating group) is 2. The first-order chi connectivity index (χ1) is 37.8. The van der Waals surface area contributed by atoms with Crippen molar-refractivity contribution in [2.45, 2.75) is 208 Å². The van der Waals surface area contributed by atoms with Gasteiger partial charge >= 0.3 is 65.8 Å². The van der Waals surface area contributed by atoms with Gasteiger partial charge in [0, 0.05) is 28.1 Å². The molecule has 0 rings (SSSR count). The van der Waals surface area contributed by atoms with E-state index in [9.17, 15) is 65.2 Å². The maximum Gasteiger partial charge on any atom is 0.488 e. The molecule has 0 aliphatic rings. The molecule has 5 unspecified atom stereocenters. The average Bonchev–Trinajstić information content (AvgIpc) is 3.26. The van der Waals surface area contributed by atoms with Crippen molar-refractivity contribution in [1.29, 1.82) is 0 Å². The molecule has 0 radical (unpaired) electrons. The van der Waals surface area contributed by atoms with E-state index in [1.165, 1.54) is 114 Å². The molecule has 0 spiro atoms. The van der Waals surface area contributed by atoms with Gasteiger partial charge in [-0.25, -0.2) is 31.7 Å². The number of rotatable bonds is 20. The van der Waals surface area contributed by atoms with E-state index in [-0.39, 0.29) is 22.1 Å². The lowest BCUT2D eigenvalue weighted by Crippen LogP contribution is -2.49. The van der Waals surface area contributed by atoms with Gasteiger partial charge in [-0.05, 0) is 166 Å². The van der Waals surface area contributed by atoms with Gasteiger partial charge in [-0.3, -0.25) is 55.6 Å². The van der Waals surface area contributed by atoms with Crippen LogP contribution in [-0.4, -0.2) is 172 Å². The fourth-order valence-corrected chi connectivity index (χ4v) is 17.8. The van der Waals surface area contributed by atoms with E-state index >= 15 is 0 Å². The van der Waals surface area contributed by atoms with Crippen LogP contribution in [-0.2, 0) is 101 Å². The van der Waals surface area contributed by atoms with Gasteiger partial charge in [-0.1, -0.05) is 23.5 Å². The number of nitrogens with zero attached hydrogens (tertiary/aromatic N) is 2. The van der Waals surface area contributed by atoms with Gasteiger partial charge in [0.15, 0.2) is 10.2 Å². The van der Waals surface area contributed by atoms with E-state index in [1.54, 1.807) is 62.6 Å². The number of phosphoric acid groups is 3. The number of esters is 2. The highest BCUT2D eigenvalue weighted by molar-refractivity contribution is 8.13. The molecule has 0 fully saturated rings. The van der Waals surface area contributed by atoms with E-state index in [0.717, 1.165) is 23.5 Å². The van der Waals surface area contributed by atoms with Crippen LogP contribution in [0.2, 0.25) is 0 Å². The molecule has 0 aliphatic carbocycles. The first-order valence-corrected chi connectivity index (χ1v) is 41.3. The third-order valence-electron chi connectivity index (χ3n) is 11.0. The Morgan fingerprint density at radius 3 is 0.773 bits per heavy atom. The van der Waals surface area contributed by atoms with Crippen molar-refractivity contribution in [1.82, 2.24) is 9.34 Å². The first-order valence-electron chi connectivity index (χ1n) is 25.3. The SMILES string of the molecule is CC(=O)SCOP(=O)(OCSC(C)=O)C(C)(C)C.CC(C)(C)P(=O)(O)O.CC(C)(C)P(=O)(O)OP(=O)(O)O.CC(C)(C)P(=O)(O)OP(=O)(O)OP(=O)(O)O.COC(=O)C(C)(C)N(C)P(=O)(OC)C(C)(C)C.COC(=O)C(C)(C)N(C)P(=O)(OC)C(C)(C)C. The molecule has 0 amide bonds. The number of hydrogen-bond donors (Lipinski definition) is 9. The van der Waals surface area contributed by atoms with Crippen molar-refractivity contribution < 1.29 is 145 Å². The van der Waals surface area contributed by atoms with Gasteiger partial charge in [-0.2, -0.15) is 4.31 Å². The highest BCUT2D eigenvalue weighted by Crippen LogP contribution is 2.70. The molecule has 532 valence electrons. The monoisotopic (exact) mass is 1500 g/mol. The number of ether oxygens (including phenoxy) is 2. The number of hydrogen-bond acceptors (Lipinski definition) is 24. The number of methoxy groups -OCH3 is 2. The summed E-state index contributed by atoms with van der Waals surface area (Å²) in [6.07, 6.45) is 0. The van der Waals surface area contributed by atoms with E-state index < -0.39 is 123 Å². The van der Waals surface area contributed by atoms with Gasteiger partial charge in [0.25, 0.3) is 15.0 Å². The van der Waals surface area contributed by atoms with Gasteiger partial charge in [-0.15, -0.1) is 0 Å². The van der Waals surface area contributed by atoms with E-state index in [2.05, 4.69) is 12.9 Å². The van der Waals surface area contributed by atoms with Crippen LogP contribution in [0.3, 0.4) is 0 Å². The Bertz CT molecular complexity index is 2610. The molecule has 0 aromatic rings. The lowest BCUT2D eigenvalue weighted by Gasteiger charge is -2.42. The summed E-state index contributed by atoms with van der Waals surface area (Å²) in [4.78, 5) is 122. The summed E-state index contributed by atoms with van der Waals surface area (Å²) < 4.78 is 147. The van der Waals surface area contributed by atoms with Crippen LogP contribution in [0.1, 0.15) is 166 Å².